The van der Waals surface area contributed by atoms with E-state index < -0.39 is 25.8 Å². The van der Waals surface area contributed by atoms with Gasteiger partial charge in [0.15, 0.2) is 0 Å². The van der Waals surface area contributed by atoms with Crippen LogP contribution in [0.1, 0.15) is 31.6 Å². The first-order valence-corrected chi connectivity index (χ1v) is 13.1. The molecule has 0 saturated heterocycles. The van der Waals surface area contributed by atoms with Crippen LogP contribution in [-0.4, -0.2) is 64.6 Å². The van der Waals surface area contributed by atoms with Crippen molar-refractivity contribution in [1.82, 2.24) is 18.6 Å². The molecule has 0 spiro atoms. The number of nitrogens with zero attached hydrogens (tertiary/aromatic N) is 2. The average molecular weight is 466 g/mol. The van der Waals surface area contributed by atoms with E-state index in [1.807, 2.05) is 24.4 Å². The minimum atomic E-state index is -4.39. The van der Waals surface area contributed by atoms with Crippen LogP contribution in [-0.2, 0) is 25.8 Å². The number of rotatable bonds is 13. The highest BCUT2D eigenvalue weighted by Gasteiger charge is 2.37. The predicted molar refractivity (Wildman–Crippen MR) is 119 cm³/mol. The Morgan fingerprint density at radius 2 is 1.97 bits per heavy atom. The van der Waals surface area contributed by atoms with Crippen LogP contribution in [0.3, 0.4) is 0 Å². The number of hydrogen-bond acceptors (Lipinski definition) is 8. The molecule has 1 heterocycles. The fourth-order valence-electron chi connectivity index (χ4n) is 2.89. The molecule has 29 heavy (non-hydrogen) atoms. The zero-order chi connectivity index (χ0) is 22.5. The summed E-state index contributed by atoms with van der Waals surface area (Å²) in [6, 6.07) is 3.79. The molecule has 9 nitrogen and oxygen atoms in total. The predicted octanol–water partition coefficient (Wildman–Crippen LogP) is 1.50. The highest BCUT2D eigenvalue weighted by molar-refractivity contribution is 8.02. The minimum Gasteiger partial charge on any atom is -0.351 e. The van der Waals surface area contributed by atoms with Gasteiger partial charge in [-0.1, -0.05) is 16.4 Å². The van der Waals surface area contributed by atoms with Crippen molar-refractivity contribution in [3.63, 3.8) is 0 Å². The second kappa shape index (κ2) is 10.0. The van der Waals surface area contributed by atoms with Crippen molar-refractivity contribution < 1.29 is 16.8 Å². The van der Waals surface area contributed by atoms with E-state index in [2.05, 4.69) is 16.6 Å². The van der Waals surface area contributed by atoms with E-state index in [9.17, 15) is 16.8 Å². The Labute approximate surface area is 178 Å². The van der Waals surface area contributed by atoms with E-state index >= 15 is 0 Å². The van der Waals surface area contributed by atoms with Crippen LogP contribution in [0.15, 0.2) is 29.9 Å². The van der Waals surface area contributed by atoms with Gasteiger partial charge in [0, 0.05) is 30.6 Å². The third-order valence-electron chi connectivity index (χ3n) is 4.46. The highest BCUT2D eigenvalue weighted by atomic mass is 32.3. The van der Waals surface area contributed by atoms with E-state index in [4.69, 9.17) is 5.41 Å². The van der Waals surface area contributed by atoms with Gasteiger partial charge in [0.2, 0.25) is 10.0 Å². The molecule has 0 radical (unpaired) electrons. The number of sulfonamides is 1. The Morgan fingerprint density at radius 1 is 1.34 bits per heavy atom. The van der Waals surface area contributed by atoms with Crippen molar-refractivity contribution in [1.29, 1.82) is 5.41 Å². The lowest BCUT2D eigenvalue weighted by atomic mass is 9.91. The van der Waals surface area contributed by atoms with Gasteiger partial charge < -0.3 is 15.6 Å². The summed E-state index contributed by atoms with van der Waals surface area (Å²) in [6.07, 6.45) is 1.53. The zero-order valence-corrected chi connectivity index (χ0v) is 20.0. The van der Waals surface area contributed by atoms with Crippen molar-refractivity contribution in [2.75, 3.05) is 33.4 Å². The standard InChI is InChI=1S/C17H31N5O4S3/c1-14(18)13-17(3,16-9-7-12-27-16)21(5)15(2)20-29(25,26)22(28(6,23)24)11-8-10-19-4/h7,9,12,18-20H,2,8,10-11,13H2,1,3-6H3. The van der Waals surface area contributed by atoms with Gasteiger partial charge in [0.25, 0.3) is 0 Å². The lowest BCUT2D eigenvalue weighted by Crippen LogP contribution is -2.50. The summed E-state index contributed by atoms with van der Waals surface area (Å²) in [6.45, 7) is 7.67. The van der Waals surface area contributed by atoms with Crippen molar-refractivity contribution in [2.24, 2.45) is 0 Å². The SMILES string of the molecule is C=C(NS(=O)(=O)N(CCCNC)S(C)(=O)=O)N(C)C(C)(CC(C)=N)c1cccs1. The molecule has 1 rings (SSSR count). The lowest BCUT2D eigenvalue weighted by molar-refractivity contribution is 0.189. The third-order valence-corrected chi connectivity index (χ3v) is 9.12. The van der Waals surface area contributed by atoms with Crippen molar-refractivity contribution >= 4 is 37.3 Å². The quantitative estimate of drug-likeness (QED) is 0.300. The summed E-state index contributed by atoms with van der Waals surface area (Å²) in [5.74, 6) is 0.0180. The maximum atomic E-state index is 12.8. The average Bonchev–Trinajstić information content (AvgIpc) is 3.10. The molecule has 0 amide bonds. The highest BCUT2D eigenvalue weighted by Crippen LogP contribution is 2.36. The van der Waals surface area contributed by atoms with Gasteiger partial charge in [0.1, 0.15) is 5.82 Å². The van der Waals surface area contributed by atoms with Crippen LogP contribution in [0.25, 0.3) is 0 Å². The van der Waals surface area contributed by atoms with Crippen LogP contribution in [0, 0.1) is 5.41 Å². The first kappa shape index (κ1) is 25.6. The summed E-state index contributed by atoms with van der Waals surface area (Å²) < 4.78 is 52.5. The topological polar surface area (TPSA) is 123 Å². The molecule has 0 fully saturated rings. The summed E-state index contributed by atoms with van der Waals surface area (Å²) >= 11 is 1.49. The molecular weight excluding hydrogens is 434 g/mol. The minimum absolute atomic E-state index is 0.0180. The molecule has 166 valence electrons. The Morgan fingerprint density at radius 3 is 2.41 bits per heavy atom. The van der Waals surface area contributed by atoms with Crippen LogP contribution in [0.4, 0.5) is 0 Å². The molecule has 3 N–H and O–H groups in total. The molecule has 0 saturated carbocycles. The smallest absolute Gasteiger partial charge is 0.315 e. The van der Waals surface area contributed by atoms with Crippen LogP contribution >= 0.6 is 11.3 Å². The van der Waals surface area contributed by atoms with Crippen molar-refractivity contribution in [3.8, 4) is 0 Å². The van der Waals surface area contributed by atoms with Crippen molar-refractivity contribution in [2.45, 2.75) is 32.2 Å². The molecule has 0 aromatic carbocycles. The van der Waals surface area contributed by atoms with Gasteiger partial charge in [-0.25, -0.2) is 8.42 Å². The van der Waals surface area contributed by atoms with Gasteiger partial charge >= 0.3 is 10.2 Å². The van der Waals surface area contributed by atoms with E-state index in [0.717, 1.165) is 11.1 Å². The van der Waals surface area contributed by atoms with Gasteiger partial charge in [-0.2, -0.15) is 8.42 Å². The van der Waals surface area contributed by atoms with Crippen LogP contribution in [0.5, 0.6) is 0 Å². The normalized spacial score (nSPS) is 14.4. The summed E-state index contributed by atoms with van der Waals surface area (Å²) in [4.78, 5) is 2.56. The molecule has 1 aromatic rings. The fourth-order valence-corrected chi connectivity index (χ4v) is 6.72. The molecule has 0 aliphatic carbocycles. The molecule has 1 aromatic heterocycles. The van der Waals surface area contributed by atoms with Gasteiger partial charge in [0.05, 0.1) is 11.8 Å². The molecule has 0 bridgehead atoms. The lowest BCUT2D eigenvalue weighted by Gasteiger charge is -2.41. The number of nitrogens with one attached hydrogen (secondary N) is 3. The molecule has 1 atom stereocenters. The maximum Gasteiger partial charge on any atom is 0.315 e. The third kappa shape index (κ3) is 6.78. The summed E-state index contributed by atoms with van der Waals surface area (Å²) in [5, 5.41) is 12.7. The molecule has 1 unspecified atom stereocenters. The molecular formula is C17H31N5O4S3. The summed E-state index contributed by atoms with van der Waals surface area (Å²) in [7, 11) is -5.03. The fraction of sp³-hybridized carbons (Fsp3) is 0.588. The first-order valence-electron chi connectivity index (χ1n) is 8.91. The first-order chi connectivity index (χ1) is 13.3. The molecule has 12 heteroatoms. The van der Waals surface area contributed by atoms with E-state index in [-0.39, 0.29) is 12.4 Å². The Kier molecular flexibility index (Phi) is 8.84. The number of thiophene rings is 1. The van der Waals surface area contributed by atoms with Gasteiger partial charge in [-0.3, -0.25) is 4.72 Å². The van der Waals surface area contributed by atoms with E-state index in [1.165, 1.54) is 11.3 Å². The Hall–Kier alpha value is -1.47. The van der Waals surface area contributed by atoms with E-state index in [0.29, 0.717) is 28.8 Å². The second-order valence-corrected chi connectivity index (χ2v) is 11.7. The molecule has 0 aliphatic heterocycles. The van der Waals surface area contributed by atoms with Crippen molar-refractivity contribution in [3.05, 3.63) is 34.8 Å². The van der Waals surface area contributed by atoms with Crippen LogP contribution in [0.2, 0.25) is 0 Å². The maximum absolute atomic E-state index is 12.8. The largest absolute Gasteiger partial charge is 0.351 e. The zero-order valence-electron chi connectivity index (χ0n) is 17.5. The monoisotopic (exact) mass is 465 g/mol. The Balaban J connectivity index is 3.16. The molecule has 0 aliphatic rings. The summed E-state index contributed by atoms with van der Waals surface area (Å²) in [5.41, 5.74) is -0.296. The number of hydrogen-bond donors (Lipinski definition) is 3. The van der Waals surface area contributed by atoms with Gasteiger partial charge in [-0.15, -0.1) is 11.3 Å². The van der Waals surface area contributed by atoms with Crippen LogP contribution < -0.4 is 10.0 Å². The Bertz CT molecular complexity index is 913. The van der Waals surface area contributed by atoms with Gasteiger partial charge in [-0.05, 0) is 45.3 Å². The van der Waals surface area contributed by atoms with E-state index in [1.54, 1.807) is 25.9 Å². The second-order valence-electron chi connectivity index (χ2n) is 7.04.